The standard InChI is InChI=1S/C13H11N4.2BrH.Cu/c1-3-7-15-12(5-1)17(10-9-14-11-17)13-6-2-4-8-16-13;;;/h1-10,14H;2*1H;/q+1;;;/p-2. The molecule has 20 heavy (non-hydrogen) atoms. The molecule has 3 rings (SSSR count). The van der Waals surface area contributed by atoms with Gasteiger partial charge in [0.2, 0.25) is 0 Å². The first kappa shape index (κ1) is 17.2. The first-order valence-corrected chi connectivity index (χ1v) is 5.96. The van der Waals surface area contributed by atoms with Crippen molar-refractivity contribution in [3.63, 3.8) is 0 Å². The van der Waals surface area contributed by atoms with E-state index < -0.39 is 0 Å². The van der Waals surface area contributed by atoms with E-state index in [9.17, 15) is 0 Å². The molecule has 0 unspecified atom stereocenters. The monoisotopic (exact) mass is 444 g/mol. The Bertz CT molecular complexity index is 565. The molecule has 0 amide bonds. The Morgan fingerprint density at radius 3 is 1.80 bits per heavy atom. The van der Waals surface area contributed by atoms with Crippen LogP contribution in [0.25, 0.3) is 0 Å². The summed E-state index contributed by atoms with van der Waals surface area (Å²) in [6.07, 6.45) is 7.28. The Kier molecular flexibility index (Phi) is 6.23. The summed E-state index contributed by atoms with van der Waals surface area (Å²) in [7, 11) is 0. The molecule has 0 aliphatic carbocycles. The molecule has 3 heterocycles. The van der Waals surface area contributed by atoms with E-state index in [1.807, 2.05) is 48.8 Å². The van der Waals surface area contributed by atoms with Gasteiger partial charge >= 0.3 is 113 Å². The molecule has 7 heteroatoms. The van der Waals surface area contributed by atoms with Gasteiger partial charge in [-0.25, -0.2) is 0 Å². The van der Waals surface area contributed by atoms with Gasteiger partial charge in [0.15, 0.2) is 0 Å². The molecule has 0 spiro atoms. The summed E-state index contributed by atoms with van der Waals surface area (Å²) in [5.41, 5.74) is 0. The van der Waals surface area contributed by atoms with Gasteiger partial charge in [-0.1, -0.05) is 0 Å². The van der Waals surface area contributed by atoms with Crippen LogP contribution in [0.15, 0.2) is 61.2 Å². The first-order chi connectivity index (χ1) is 8.84. The topological polar surface area (TPSA) is 37.8 Å². The van der Waals surface area contributed by atoms with Crippen molar-refractivity contribution in [2.75, 3.05) is 0 Å². The number of hydrogen-bond donors (Lipinski definition) is 1. The molecule has 2 aromatic rings. The molecular weight excluding hydrogens is 436 g/mol. The SMILES string of the molecule is [Br-].[Br-].[Cu]=[C]1NC=C[N+]1(c1ccccn1)c1ccccn1. The van der Waals surface area contributed by atoms with Crippen LogP contribution in [0.3, 0.4) is 0 Å². The van der Waals surface area contributed by atoms with E-state index in [4.69, 9.17) is 15.6 Å². The van der Waals surface area contributed by atoms with E-state index in [0.29, 0.717) is 4.67 Å². The zero-order valence-electron chi connectivity index (χ0n) is 10.2. The summed E-state index contributed by atoms with van der Waals surface area (Å²) >= 11 is 5.60. The fourth-order valence-corrected chi connectivity index (χ4v) is 2.32. The third kappa shape index (κ3) is 2.77. The molecule has 109 valence electrons. The Labute approximate surface area is 146 Å². The van der Waals surface area contributed by atoms with Crippen LogP contribution in [-0.2, 0) is 15.6 Å². The minimum atomic E-state index is 0. The van der Waals surface area contributed by atoms with Crippen molar-refractivity contribution in [3.8, 4) is 0 Å². The maximum atomic E-state index is 5.60. The Balaban J connectivity index is 0.000001000. The molecule has 1 N–H and O–H groups in total. The molecule has 4 nitrogen and oxygen atoms in total. The second-order valence-electron chi connectivity index (χ2n) is 3.81. The van der Waals surface area contributed by atoms with Crippen molar-refractivity contribution >= 4 is 16.3 Å². The molecule has 1 aliphatic rings. The van der Waals surface area contributed by atoms with Gasteiger partial charge in [-0.15, -0.1) is 0 Å². The van der Waals surface area contributed by atoms with Crippen molar-refractivity contribution in [2.45, 2.75) is 0 Å². The van der Waals surface area contributed by atoms with Crippen LogP contribution >= 0.6 is 0 Å². The van der Waals surface area contributed by atoms with Crippen molar-refractivity contribution in [1.82, 2.24) is 19.8 Å². The van der Waals surface area contributed by atoms with Gasteiger partial charge in [0.1, 0.15) is 0 Å². The summed E-state index contributed by atoms with van der Waals surface area (Å²) in [4.78, 5) is 8.82. The van der Waals surface area contributed by atoms with Crippen LogP contribution in [0, 0.1) is 0 Å². The van der Waals surface area contributed by atoms with Gasteiger partial charge in [0.25, 0.3) is 0 Å². The van der Waals surface area contributed by atoms with E-state index in [1.165, 1.54) is 0 Å². The van der Waals surface area contributed by atoms with Gasteiger partial charge < -0.3 is 34.0 Å². The summed E-state index contributed by atoms with van der Waals surface area (Å²) in [6, 6.07) is 11.5. The van der Waals surface area contributed by atoms with Gasteiger partial charge in [0.05, 0.1) is 0 Å². The van der Waals surface area contributed by atoms with E-state index in [0.717, 1.165) is 11.6 Å². The molecule has 0 radical (unpaired) electrons. The minimum absolute atomic E-state index is 0. The summed E-state index contributed by atoms with van der Waals surface area (Å²) in [5.74, 6) is 1.63. The zero-order valence-corrected chi connectivity index (χ0v) is 14.3. The molecule has 0 saturated heterocycles. The summed E-state index contributed by atoms with van der Waals surface area (Å²) in [5, 5.41) is 3.04. The van der Waals surface area contributed by atoms with E-state index >= 15 is 0 Å². The average Bonchev–Trinajstić information content (AvgIpc) is 2.84. The molecule has 1 aliphatic heterocycles. The predicted molar refractivity (Wildman–Crippen MR) is 67.2 cm³/mol. The Hall–Kier alpha value is -0.851. The van der Waals surface area contributed by atoms with Crippen molar-refractivity contribution in [2.24, 2.45) is 0 Å². The van der Waals surface area contributed by atoms with Gasteiger partial charge in [-0.3, -0.25) is 0 Å². The van der Waals surface area contributed by atoms with Crippen LogP contribution in [0.2, 0.25) is 0 Å². The number of nitrogens with zero attached hydrogens (tertiary/aromatic N) is 3. The number of nitrogens with one attached hydrogen (secondary N) is 1. The van der Waals surface area contributed by atoms with Crippen molar-refractivity contribution in [1.29, 1.82) is 0 Å². The van der Waals surface area contributed by atoms with Crippen LogP contribution < -0.4 is 43.8 Å². The van der Waals surface area contributed by atoms with E-state index in [-0.39, 0.29) is 38.4 Å². The van der Waals surface area contributed by atoms with Crippen LogP contribution in [-0.4, -0.2) is 14.6 Å². The number of hydrogen-bond acceptors (Lipinski definition) is 3. The second kappa shape index (κ2) is 7.24. The zero-order chi connectivity index (χ0) is 12.4. The molecule has 0 saturated carbocycles. The first-order valence-electron chi connectivity index (χ1n) is 5.49. The second-order valence-corrected chi connectivity index (χ2v) is 4.26. The quantitative estimate of drug-likeness (QED) is 0.376. The van der Waals surface area contributed by atoms with Crippen LogP contribution in [0.5, 0.6) is 0 Å². The Morgan fingerprint density at radius 2 is 1.45 bits per heavy atom. The molecular formula is C13H11Br2CuN4-. The van der Waals surface area contributed by atoms with Gasteiger partial charge in [-0.2, -0.15) is 0 Å². The molecule has 0 bridgehead atoms. The predicted octanol–water partition coefficient (Wildman–Crippen LogP) is -4.17. The number of rotatable bonds is 2. The molecule has 2 aromatic heterocycles. The number of quaternary nitrogens is 1. The van der Waals surface area contributed by atoms with Crippen molar-refractivity contribution in [3.05, 3.63) is 61.2 Å². The molecule has 0 aromatic carbocycles. The van der Waals surface area contributed by atoms with Gasteiger partial charge in [-0.05, 0) is 0 Å². The van der Waals surface area contributed by atoms with E-state index in [2.05, 4.69) is 15.3 Å². The third-order valence-electron chi connectivity index (χ3n) is 2.79. The maximum absolute atomic E-state index is 5.60. The van der Waals surface area contributed by atoms with Crippen LogP contribution in [0.4, 0.5) is 11.6 Å². The number of halogens is 2. The fourth-order valence-electron chi connectivity index (χ4n) is 1.95. The molecule has 0 atom stereocenters. The third-order valence-corrected chi connectivity index (χ3v) is 3.26. The van der Waals surface area contributed by atoms with Crippen molar-refractivity contribution < 1.29 is 49.5 Å². The average molecular weight is 447 g/mol. The van der Waals surface area contributed by atoms with Gasteiger partial charge in [0, 0.05) is 0 Å². The summed E-state index contributed by atoms with van der Waals surface area (Å²) < 4.78 is 0.849. The van der Waals surface area contributed by atoms with Crippen LogP contribution in [0.1, 0.15) is 0 Å². The normalized spacial score (nSPS) is 15.0. The molecule has 0 fully saturated rings. The fraction of sp³-hybridized carbons (Fsp3) is 0. The number of aromatic nitrogens is 2. The Morgan fingerprint density at radius 1 is 0.900 bits per heavy atom. The van der Waals surface area contributed by atoms with E-state index in [1.54, 1.807) is 12.4 Å². The number of pyridine rings is 2. The summed E-state index contributed by atoms with van der Waals surface area (Å²) in [6.45, 7) is 0.